The summed E-state index contributed by atoms with van der Waals surface area (Å²) in [4.78, 5) is 0. The summed E-state index contributed by atoms with van der Waals surface area (Å²) < 4.78 is 0. The van der Waals surface area contributed by atoms with Gasteiger partial charge in [0.25, 0.3) is 0 Å². The molecule has 0 N–H and O–H groups in total. The van der Waals surface area contributed by atoms with Gasteiger partial charge in [0.1, 0.15) is 0 Å². The Labute approximate surface area is 174 Å². The zero-order valence-electron chi connectivity index (χ0n) is 18.5. The first-order valence-electron chi connectivity index (χ1n) is 12.4. The molecule has 0 nitrogen and oxygen atoms in total. The summed E-state index contributed by atoms with van der Waals surface area (Å²) in [7, 11) is 0. The molecule has 0 saturated heterocycles. The molecule has 0 radical (unpaired) electrons. The second kappa shape index (κ2) is 11.7. The highest BCUT2D eigenvalue weighted by molar-refractivity contribution is 5.36. The molecule has 28 heavy (non-hydrogen) atoms. The quantitative estimate of drug-likeness (QED) is 0.331. The van der Waals surface area contributed by atoms with Crippen LogP contribution in [0.1, 0.15) is 108 Å². The van der Waals surface area contributed by atoms with E-state index in [1.165, 1.54) is 101 Å². The molecule has 0 heterocycles. The van der Waals surface area contributed by atoms with Gasteiger partial charge in [-0.1, -0.05) is 82.8 Å². The van der Waals surface area contributed by atoms with Gasteiger partial charge in [0.2, 0.25) is 0 Å². The van der Waals surface area contributed by atoms with Crippen molar-refractivity contribution in [3.05, 3.63) is 35.4 Å². The number of aryl methyl sites for hydroxylation is 1. The van der Waals surface area contributed by atoms with Crippen LogP contribution in [-0.4, -0.2) is 0 Å². The summed E-state index contributed by atoms with van der Waals surface area (Å²) in [5.41, 5.74) is 2.64. The van der Waals surface area contributed by atoms with Gasteiger partial charge < -0.3 is 0 Å². The van der Waals surface area contributed by atoms with Crippen molar-refractivity contribution < 1.29 is 0 Å². The highest BCUT2D eigenvalue weighted by atomic mass is 14.3. The van der Waals surface area contributed by atoms with E-state index in [4.69, 9.17) is 0 Å². The number of hydrogen-bond acceptors (Lipinski definition) is 0. The number of benzene rings is 1. The SMILES string of the molecule is CCCCC[C@H]1CC[C@H](C2CCC(C#Cc3ccc(CCC)cc3)CC2)CC1. The summed E-state index contributed by atoms with van der Waals surface area (Å²) >= 11 is 0. The Balaban J connectivity index is 1.38. The van der Waals surface area contributed by atoms with Crippen molar-refractivity contribution in [3.8, 4) is 11.8 Å². The lowest BCUT2D eigenvalue weighted by atomic mass is 9.69. The molecule has 0 spiro atoms. The average Bonchev–Trinajstić information content (AvgIpc) is 2.75. The fraction of sp³-hybridized carbons (Fsp3) is 0.714. The van der Waals surface area contributed by atoms with Crippen molar-refractivity contribution >= 4 is 0 Å². The minimum atomic E-state index is 0.636. The number of hydrogen-bond donors (Lipinski definition) is 0. The van der Waals surface area contributed by atoms with E-state index in [2.05, 4.69) is 50.0 Å². The molecule has 0 unspecified atom stereocenters. The van der Waals surface area contributed by atoms with Crippen LogP contribution in [0, 0.1) is 35.5 Å². The van der Waals surface area contributed by atoms with Gasteiger partial charge in [0, 0.05) is 11.5 Å². The Morgan fingerprint density at radius 2 is 1.39 bits per heavy atom. The van der Waals surface area contributed by atoms with Crippen LogP contribution in [0.3, 0.4) is 0 Å². The zero-order valence-corrected chi connectivity index (χ0v) is 18.5. The fourth-order valence-corrected chi connectivity index (χ4v) is 5.60. The fourth-order valence-electron chi connectivity index (χ4n) is 5.60. The summed E-state index contributed by atoms with van der Waals surface area (Å²) in [5.74, 6) is 10.8. The minimum absolute atomic E-state index is 0.636. The van der Waals surface area contributed by atoms with E-state index in [0.29, 0.717) is 5.92 Å². The standard InChI is InChI=1S/C28H42/c1-3-5-6-8-24-15-19-27(20-16-24)28-21-17-26(18-22-28)14-13-25-11-9-23(7-4-2)10-12-25/h9-12,24,26-28H,3-8,15-22H2,1-2H3/t24-,26?,27-,28?. The monoisotopic (exact) mass is 378 g/mol. The van der Waals surface area contributed by atoms with Crippen LogP contribution < -0.4 is 0 Å². The Morgan fingerprint density at radius 3 is 2.00 bits per heavy atom. The topological polar surface area (TPSA) is 0 Å². The second-order valence-electron chi connectivity index (χ2n) is 9.60. The molecular weight excluding hydrogens is 336 g/mol. The normalized spacial score (nSPS) is 27.8. The third-order valence-electron chi connectivity index (χ3n) is 7.46. The van der Waals surface area contributed by atoms with Gasteiger partial charge in [-0.05, 0) is 80.4 Å². The Hall–Kier alpha value is -1.22. The van der Waals surface area contributed by atoms with Crippen molar-refractivity contribution in [1.29, 1.82) is 0 Å². The first-order chi connectivity index (χ1) is 13.8. The lowest BCUT2D eigenvalue weighted by Gasteiger charge is -2.37. The molecular formula is C28H42. The van der Waals surface area contributed by atoms with Crippen molar-refractivity contribution in [1.82, 2.24) is 0 Å². The molecule has 0 atom stereocenters. The first-order valence-corrected chi connectivity index (χ1v) is 12.4. The van der Waals surface area contributed by atoms with Crippen LogP contribution in [0.25, 0.3) is 0 Å². The van der Waals surface area contributed by atoms with E-state index in [1.807, 2.05) is 0 Å². The van der Waals surface area contributed by atoms with Gasteiger partial charge >= 0.3 is 0 Å². The van der Waals surface area contributed by atoms with Crippen molar-refractivity contribution in [2.75, 3.05) is 0 Å². The van der Waals surface area contributed by atoms with Gasteiger partial charge in [-0.25, -0.2) is 0 Å². The molecule has 0 aromatic heterocycles. The predicted molar refractivity (Wildman–Crippen MR) is 122 cm³/mol. The Kier molecular flexibility index (Phi) is 8.98. The Morgan fingerprint density at radius 1 is 0.750 bits per heavy atom. The minimum Gasteiger partial charge on any atom is -0.0945 e. The molecule has 0 bridgehead atoms. The van der Waals surface area contributed by atoms with Gasteiger partial charge in [0.05, 0.1) is 0 Å². The van der Waals surface area contributed by atoms with Crippen LogP contribution in [0.15, 0.2) is 24.3 Å². The molecule has 3 rings (SSSR count). The zero-order chi connectivity index (χ0) is 19.6. The first kappa shape index (κ1) is 21.5. The maximum atomic E-state index is 3.60. The summed E-state index contributed by atoms with van der Waals surface area (Å²) in [6.45, 7) is 4.56. The molecule has 2 aliphatic rings. The van der Waals surface area contributed by atoms with Crippen molar-refractivity contribution in [2.45, 2.75) is 104 Å². The van der Waals surface area contributed by atoms with Gasteiger partial charge in [-0.15, -0.1) is 0 Å². The lowest BCUT2D eigenvalue weighted by Crippen LogP contribution is -2.25. The molecule has 0 amide bonds. The van der Waals surface area contributed by atoms with Crippen LogP contribution >= 0.6 is 0 Å². The maximum absolute atomic E-state index is 3.60. The van der Waals surface area contributed by atoms with E-state index >= 15 is 0 Å². The van der Waals surface area contributed by atoms with Gasteiger partial charge in [-0.2, -0.15) is 0 Å². The third kappa shape index (κ3) is 6.69. The number of rotatable bonds is 7. The summed E-state index contributed by atoms with van der Waals surface area (Å²) in [6.07, 6.45) is 19.8. The smallest absolute Gasteiger partial charge is 0.0245 e. The molecule has 0 heteroatoms. The molecule has 154 valence electrons. The molecule has 2 fully saturated rings. The predicted octanol–water partition coefficient (Wildman–Crippen LogP) is 8.18. The van der Waals surface area contributed by atoms with Gasteiger partial charge in [-0.3, -0.25) is 0 Å². The second-order valence-corrected chi connectivity index (χ2v) is 9.60. The molecule has 2 aliphatic carbocycles. The molecule has 0 aliphatic heterocycles. The Bertz CT molecular complexity index is 598. The number of unbranched alkanes of at least 4 members (excludes halogenated alkanes) is 2. The van der Waals surface area contributed by atoms with Crippen LogP contribution in [0.5, 0.6) is 0 Å². The molecule has 2 saturated carbocycles. The molecule has 1 aromatic carbocycles. The van der Waals surface area contributed by atoms with Gasteiger partial charge in [0.15, 0.2) is 0 Å². The lowest BCUT2D eigenvalue weighted by molar-refractivity contribution is 0.153. The highest BCUT2D eigenvalue weighted by Gasteiger charge is 2.30. The summed E-state index contributed by atoms with van der Waals surface area (Å²) in [5, 5.41) is 0. The van der Waals surface area contributed by atoms with E-state index in [1.54, 1.807) is 0 Å². The maximum Gasteiger partial charge on any atom is 0.0245 e. The highest BCUT2D eigenvalue weighted by Crippen LogP contribution is 2.42. The van der Waals surface area contributed by atoms with E-state index in [9.17, 15) is 0 Å². The van der Waals surface area contributed by atoms with Crippen molar-refractivity contribution in [2.24, 2.45) is 23.7 Å². The molecule has 1 aromatic rings. The summed E-state index contributed by atoms with van der Waals surface area (Å²) in [6, 6.07) is 8.93. The largest absolute Gasteiger partial charge is 0.0945 e. The van der Waals surface area contributed by atoms with E-state index < -0.39 is 0 Å². The average molecular weight is 379 g/mol. The van der Waals surface area contributed by atoms with Crippen molar-refractivity contribution in [3.63, 3.8) is 0 Å². The van der Waals surface area contributed by atoms with Crippen LogP contribution in [0.2, 0.25) is 0 Å². The third-order valence-corrected chi connectivity index (χ3v) is 7.46. The van der Waals surface area contributed by atoms with E-state index in [-0.39, 0.29) is 0 Å². The van der Waals surface area contributed by atoms with E-state index in [0.717, 1.165) is 17.8 Å². The van der Waals surface area contributed by atoms with Crippen LogP contribution in [0.4, 0.5) is 0 Å². The van der Waals surface area contributed by atoms with Crippen LogP contribution in [-0.2, 0) is 6.42 Å².